The predicted molar refractivity (Wildman–Crippen MR) is 86.3 cm³/mol. The van der Waals surface area contributed by atoms with Gasteiger partial charge < -0.3 is 9.47 Å². The molecule has 2 aromatic heterocycles. The Balaban J connectivity index is 1.57. The van der Waals surface area contributed by atoms with Gasteiger partial charge in [0.15, 0.2) is 0 Å². The second-order valence-corrected chi connectivity index (χ2v) is 6.79. The third-order valence-electron chi connectivity index (χ3n) is 5.04. The van der Waals surface area contributed by atoms with Crippen molar-refractivity contribution in [1.82, 2.24) is 24.2 Å². The van der Waals surface area contributed by atoms with Crippen molar-refractivity contribution < 1.29 is 4.79 Å². The van der Waals surface area contributed by atoms with Gasteiger partial charge in [-0.2, -0.15) is 5.10 Å². The summed E-state index contributed by atoms with van der Waals surface area (Å²) in [7, 11) is 1.82. The van der Waals surface area contributed by atoms with E-state index in [1.807, 2.05) is 18.1 Å². The first-order chi connectivity index (χ1) is 11.1. The highest BCUT2D eigenvalue weighted by molar-refractivity contribution is 5.92. The average Bonchev–Trinajstić information content (AvgIpc) is 3.20. The number of carbonyl (C=O) groups excluding carboxylic acids is 1. The molecule has 1 amide bonds. The van der Waals surface area contributed by atoms with Crippen LogP contribution in [0.2, 0.25) is 0 Å². The molecule has 1 aliphatic heterocycles. The van der Waals surface area contributed by atoms with E-state index < -0.39 is 0 Å². The maximum absolute atomic E-state index is 12.8. The number of amides is 1. The molecule has 0 N–H and O–H groups in total. The summed E-state index contributed by atoms with van der Waals surface area (Å²) in [6.45, 7) is 3.72. The number of hydrogen-bond donors (Lipinski definition) is 0. The molecular weight excluding hydrogens is 290 g/mol. The molecule has 3 heterocycles. The van der Waals surface area contributed by atoms with Crippen molar-refractivity contribution in [2.45, 2.75) is 44.6 Å². The van der Waals surface area contributed by atoms with Gasteiger partial charge in [-0.15, -0.1) is 0 Å². The van der Waals surface area contributed by atoms with E-state index in [4.69, 9.17) is 0 Å². The molecule has 2 aliphatic rings. The van der Waals surface area contributed by atoms with E-state index in [9.17, 15) is 4.79 Å². The van der Waals surface area contributed by atoms with Gasteiger partial charge >= 0.3 is 0 Å². The zero-order valence-corrected chi connectivity index (χ0v) is 13.8. The average molecular weight is 313 g/mol. The van der Waals surface area contributed by atoms with Gasteiger partial charge in [-0.3, -0.25) is 9.48 Å². The molecule has 122 valence electrons. The van der Waals surface area contributed by atoms with Gasteiger partial charge in [-0.1, -0.05) is 0 Å². The monoisotopic (exact) mass is 313 g/mol. The minimum absolute atomic E-state index is 0.0837. The van der Waals surface area contributed by atoms with E-state index in [0.717, 1.165) is 25.9 Å². The third kappa shape index (κ3) is 2.56. The highest BCUT2D eigenvalue weighted by Crippen LogP contribution is 2.41. The fourth-order valence-corrected chi connectivity index (χ4v) is 3.68. The Morgan fingerprint density at radius 3 is 2.83 bits per heavy atom. The van der Waals surface area contributed by atoms with Gasteiger partial charge in [0, 0.05) is 44.1 Å². The maximum atomic E-state index is 12.8. The number of imidazole rings is 1. The summed E-state index contributed by atoms with van der Waals surface area (Å²) in [5.74, 6) is 1.94. The Bertz CT molecular complexity index is 727. The topological polar surface area (TPSA) is 56.0 Å². The molecule has 1 aliphatic carbocycles. The molecule has 1 unspecified atom stereocenters. The molecule has 0 bridgehead atoms. The second kappa shape index (κ2) is 5.51. The molecule has 23 heavy (non-hydrogen) atoms. The number of piperidine rings is 1. The molecule has 6 nitrogen and oxygen atoms in total. The first kappa shape index (κ1) is 14.5. The number of aryl methyl sites for hydroxylation is 2. The first-order valence-corrected chi connectivity index (χ1v) is 8.46. The number of aromatic nitrogens is 4. The lowest BCUT2D eigenvalue weighted by atomic mass is 10.0. The predicted octanol–water partition coefficient (Wildman–Crippen LogP) is 2.28. The molecule has 4 rings (SSSR count). The molecular formula is C17H23N5O. The van der Waals surface area contributed by atoms with Crippen LogP contribution in [-0.2, 0) is 7.05 Å². The third-order valence-corrected chi connectivity index (χ3v) is 5.04. The molecule has 0 aromatic carbocycles. The second-order valence-electron chi connectivity index (χ2n) is 6.79. The molecule has 0 spiro atoms. The van der Waals surface area contributed by atoms with Gasteiger partial charge in [-0.25, -0.2) is 4.98 Å². The minimum Gasteiger partial charge on any atom is -0.335 e. The SMILES string of the molecule is Cc1cnc(C2CC2)n1C1CCCN(C(=O)c2ccnn2C)C1. The Morgan fingerprint density at radius 2 is 2.13 bits per heavy atom. The van der Waals surface area contributed by atoms with Crippen molar-refractivity contribution in [2.24, 2.45) is 7.05 Å². The molecule has 2 fully saturated rings. The van der Waals surface area contributed by atoms with Crippen LogP contribution in [0.3, 0.4) is 0 Å². The van der Waals surface area contributed by atoms with E-state index in [1.165, 1.54) is 24.4 Å². The van der Waals surface area contributed by atoms with Crippen LogP contribution in [0.5, 0.6) is 0 Å². The summed E-state index contributed by atoms with van der Waals surface area (Å²) in [5, 5.41) is 4.12. The van der Waals surface area contributed by atoms with Gasteiger partial charge in [0.2, 0.25) is 0 Å². The fourth-order valence-electron chi connectivity index (χ4n) is 3.68. The van der Waals surface area contributed by atoms with Crippen LogP contribution in [0.4, 0.5) is 0 Å². The van der Waals surface area contributed by atoms with Gasteiger partial charge in [0.05, 0.1) is 6.04 Å². The number of rotatable bonds is 3. The van der Waals surface area contributed by atoms with E-state index in [1.54, 1.807) is 16.9 Å². The summed E-state index contributed by atoms with van der Waals surface area (Å²) in [6, 6.07) is 2.14. The summed E-state index contributed by atoms with van der Waals surface area (Å²) >= 11 is 0. The largest absolute Gasteiger partial charge is 0.335 e. The van der Waals surface area contributed by atoms with E-state index in [2.05, 4.69) is 21.6 Å². The zero-order valence-electron chi connectivity index (χ0n) is 13.8. The summed E-state index contributed by atoms with van der Waals surface area (Å²) < 4.78 is 4.05. The van der Waals surface area contributed by atoms with Crippen molar-refractivity contribution in [2.75, 3.05) is 13.1 Å². The van der Waals surface area contributed by atoms with Crippen molar-refractivity contribution >= 4 is 5.91 Å². The number of nitrogens with zero attached hydrogens (tertiary/aromatic N) is 5. The van der Waals surface area contributed by atoms with Crippen LogP contribution < -0.4 is 0 Å². The standard InChI is InChI=1S/C17H23N5O/c1-12-10-18-16(13-5-6-13)22(12)14-4-3-9-21(11-14)17(23)15-7-8-19-20(15)2/h7-8,10,13-14H,3-6,9,11H2,1-2H3. The van der Waals surface area contributed by atoms with E-state index >= 15 is 0 Å². The Kier molecular flexibility index (Phi) is 3.47. The van der Waals surface area contributed by atoms with Crippen LogP contribution in [0.1, 0.15) is 59.6 Å². The van der Waals surface area contributed by atoms with E-state index in [0.29, 0.717) is 17.7 Å². The molecule has 1 saturated carbocycles. The minimum atomic E-state index is 0.0837. The first-order valence-electron chi connectivity index (χ1n) is 8.46. The van der Waals surface area contributed by atoms with Crippen LogP contribution >= 0.6 is 0 Å². The maximum Gasteiger partial charge on any atom is 0.272 e. The van der Waals surface area contributed by atoms with Crippen LogP contribution in [0, 0.1) is 6.92 Å². The fraction of sp³-hybridized carbons (Fsp3) is 0.588. The Morgan fingerprint density at radius 1 is 1.30 bits per heavy atom. The Hall–Kier alpha value is -2.11. The van der Waals surface area contributed by atoms with Crippen molar-refractivity contribution in [3.63, 3.8) is 0 Å². The molecule has 6 heteroatoms. The van der Waals surface area contributed by atoms with Gasteiger partial charge in [-0.05, 0) is 38.7 Å². The smallest absolute Gasteiger partial charge is 0.272 e. The number of likely N-dealkylation sites (tertiary alicyclic amines) is 1. The summed E-state index contributed by atoms with van der Waals surface area (Å²) in [4.78, 5) is 19.4. The van der Waals surface area contributed by atoms with Crippen LogP contribution in [0.25, 0.3) is 0 Å². The van der Waals surface area contributed by atoms with Crippen molar-refractivity contribution in [3.8, 4) is 0 Å². The summed E-state index contributed by atoms with van der Waals surface area (Å²) in [5.41, 5.74) is 1.88. The normalized spacial score (nSPS) is 21.7. The molecule has 1 saturated heterocycles. The quantitative estimate of drug-likeness (QED) is 0.873. The van der Waals surface area contributed by atoms with Gasteiger partial charge in [0.1, 0.15) is 11.5 Å². The zero-order chi connectivity index (χ0) is 16.0. The molecule has 2 aromatic rings. The van der Waals surface area contributed by atoms with Crippen LogP contribution in [-0.4, -0.2) is 43.2 Å². The molecule has 0 radical (unpaired) electrons. The lowest BCUT2D eigenvalue weighted by Crippen LogP contribution is -2.41. The number of hydrogen-bond acceptors (Lipinski definition) is 3. The summed E-state index contributed by atoms with van der Waals surface area (Å²) in [6.07, 6.45) is 8.32. The van der Waals surface area contributed by atoms with E-state index in [-0.39, 0.29) is 5.91 Å². The highest BCUT2D eigenvalue weighted by Gasteiger charge is 2.33. The number of carbonyl (C=O) groups is 1. The van der Waals surface area contributed by atoms with Gasteiger partial charge in [0.25, 0.3) is 5.91 Å². The van der Waals surface area contributed by atoms with Crippen LogP contribution in [0.15, 0.2) is 18.5 Å². The lowest BCUT2D eigenvalue weighted by Gasteiger charge is -2.34. The lowest BCUT2D eigenvalue weighted by molar-refractivity contribution is 0.0665. The Labute approximate surface area is 136 Å². The highest BCUT2D eigenvalue weighted by atomic mass is 16.2. The van der Waals surface area contributed by atoms with Crippen molar-refractivity contribution in [3.05, 3.63) is 35.7 Å². The molecule has 1 atom stereocenters. The van der Waals surface area contributed by atoms with Crippen molar-refractivity contribution in [1.29, 1.82) is 0 Å².